The monoisotopic (exact) mass is 1060 g/mol. The highest BCUT2D eigenvalue weighted by Crippen LogP contribution is 2.27. The number of ether oxygens (including phenoxy) is 6. The van der Waals surface area contributed by atoms with Crippen LogP contribution in [-0.2, 0) is 33.2 Å². The molecule has 11 atom stereocenters. The van der Waals surface area contributed by atoms with Gasteiger partial charge in [0.05, 0.1) is 26.4 Å². The van der Waals surface area contributed by atoms with Crippen LogP contribution >= 0.6 is 0 Å². The fourth-order valence-electron chi connectivity index (χ4n) is 10.3. The molecule has 14 heteroatoms. The van der Waals surface area contributed by atoms with Crippen molar-refractivity contribution in [2.75, 3.05) is 33.0 Å². The van der Waals surface area contributed by atoms with E-state index in [1.165, 1.54) is 212 Å². The molecule has 2 saturated heterocycles. The summed E-state index contributed by atoms with van der Waals surface area (Å²) in [5.41, 5.74) is 0. The lowest BCUT2D eigenvalue weighted by Gasteiger charge is -2.42. The minimum atomic E-state index is -1.70. The second kappa shape index (κ2) is 47.9. The van der Waals surface area contributed by atoms with Crippen LogP contribution in [0.4, 0.5) is 0 Å². The van der Waals surface area contributed by atoms with Gasteiger partial charge in [-0.3, -0.25) is 4.79 Å². The zero-order chi connectivity index (χ0) is 53.7. The maximum atomic E-state index is 13.1. The molecule has 0 bridgehead atoms. The third-order valence-electron chi connectivity index (χ3n) is 15.4. The molecule has 2 fully saturated rings. The van der Waals surface area contributed by atoms with Crippen molar-refractivity contribution in [1.82, 2.24) is 0 Å². The number of carbonyl (C=O) groups is 1. The predicted molar refractivity (Wildman–Crippen MR) is 294 cm³/mol. The molecule has 0 aliphatic carbocycles. The summed E-state index contributed by atoms with van der Waals surface area (Å²) in [5.74, 6) is -0.366. The molecule has 0 aromatic rings. The van der Waals surface area contributed by atoms with Crippen LogP contribution in [0.15, 0.2) is 0 Å². The quantitative estimate of drug-likeness (QED) is 0.0223. The summed E-state index contributed by atoms with van der Waals surface area (Å²) in [6.45, 7) is 3.78. The molecule has 11 unspecified atom stereocenters. The normalized spacial score (nSPS) is 24.7. The van der Waals surface area contributed by atoms with Crippen molar-refractivity contribution in [3.8, 4) is 0 Å². The van der Waals surface area contributed by atoms with Crippen molar-refractivity contribution in [1.29, 1.82) is 0 Å². The maximum Gasteiger partial charge on any atom is 0.306 e. The maximum absolute atomic E-state index is 13.1. The molecule has 0 radical (unpaired) electrons. The average Bonchev–Trinajstić information content (AvgIpc) is 3.40. The van der Waals surface area contributed by atoms with Crippen LogP contribution < -0.4 is 0 Å². The van der Waals surface area contributed by atoms with Gasteiger partial charge in [-0.1, -0.05) is 258 Å². The Kier molecular flexibility index (Phi) is 44.8. The second-order valence-corrected chi connectivity index (χ2v) is 22.3. The van der Waals surface area contributed by atoms with Crippen LogP contribution in [0.3, 0.4) is 0 Å². The molecule has 0 saturated carbocycles. The van der Waals surface area contributed by atoms with Gasteiger partial charge in [-0.15, -0.1) is 0 Å². The summed E-state index contributed by atoms with van der Waals surface area (Å²) in [7, 11) is 0. The Bertz CT molecular complexity index is 1230. The summed E-state index contributed by atoms with van der Waals surface area (Å²) in [6, 6.07) is 0. The Labute approximate surface area is 451 Å². The first-order valence-electron chi connectivity index (χ1n) is 31.1. The number of hydrogen-bond donors (Lipinski definition) is 7. The first-order valence-corrected chi connectivity index (χ1v) is 31.1. The Morgan fingerprint density at radius 2 is 0.716 bits per heavy atom. The van der Waals surface area contributed by atoms with Crippen molar-refractivity contribution < 1.29 is 69.0 Å². The molecule has 14 nitrogen and oxygen atoms in total. The number of carbonyl (C=O) groups excluding carboxylic acids is 1. The van der Waals surface area contributed by atoms with E-state index >= 15 is 0 Å². The molecule has 0 spiro atoms. The van der Waals surface area contributed by atoms with Crippen molar-refractivity contribution in [2.45, 2.75) is 345 Å². The van der Waals surface area contributed by atoms with Gasteiger partial charge in [-0.25, -0.2) is 0 Å². The smallest absolute Gasteiger partial charge is 0.306 e. The fourth-order valence-corrected chi connectivity index (χ4v) is 10.3. The molecule has 0 aromatic heterocycles. The van der Waals surface area contributed by atoms with Crippen molar-refractivity contribution in [3.05, 3.63) is 0 Å². The number of unbranched alkanes of at least 4 members (excludes halogenated alkanes) is 38. The molecule has 2 rings (SSSR count). The van der Waals surface area contributed by atoms with Crippen LogP contribution in [-0.4, -0.2) is 142 Å². The van der Waals surface area contributed by atoms with E-state index in [0.29, 0.717) is 6.61 Å². The molecular weight excluding hydrogens is 945 g/mol. The minimum Gasteiger partial charge on any atom is -0.457 e. The highest BCUT2D eigenvalue weighted by Gasteiger charge is 2.47. The predicted octanol–water partition coefficient (Wildman–Crippen LogP) is 11.6. The van der Waals surface area contributed by atoms with Gasteiger partial charge in [0.2, 0.25) is 0 Å². The number of rotatable bonds is 52. The number of esters is 1. The summed E-state index contributed by atoms with van der Waals surface area (Å²) in [5, 5.41) is 72.4. The van der Waals surface area contributed by atoms with Gasteiger partial charge in [0.15, 0.2) is 12.6 Å². The summed E-state index contributed by atoms with van der Waals surface area (Å²) >= 11 is 0. The van der Waals surface area contributed by atoms with E-state index in [1.54, 1.807) is 0 Å². The summed E-state index contributed by atoms with van der Waals surface area (Å²) in [6.07, 6.45) is 36.0. The Balaban J connectivity index is 1.67. The zero-order valence-electron chi connectivity index (χ0n) is 47.4. The third-order valence-corrected chi connectivity index (χ3v) is 15.4. The van der Waals surface area contributed by atoms with Gasteiger partial charge >= 0.3 is 5.97 Å². The molecule has 0 amide bonds. The SMILES string of the molecule is CCCCCCCCCCCCCCCCCCCCCCCCCC(=O)OC(COCCCCCCCCCCCCCCCCCCC)COC1OC(COC2OC(CO)C(O)C(O)C2O)C(O)C(O)C1O. The van der Waals surface area contributed by atoms with Gasteiger partial charge in [-0.2, -0.15) is 0 Å². The highest BCUT2D eigenvalue weighted by atomic mass is 16.7. The molecule has 74 heavy (non-hydrogen) atoms. The molecule has 0 aromatic carbocycles. The van der Waals surface area contributed by atoms with Crippen LogP contribution in [0.25, 0.3) is 0 Å². The Morgan fingerprint density at radius 3 is 1.09 bits per heavy atom. The standard InChI is InChI=1S/C60H116O14/c1-3-5-7-9-11-13-15-17-19-21-22-23-24-25-26-27-29-31-33-35-37-39-41-43-52(62)72-49(46-69-44-42-40-38-36-34-32-30-28-20-18-16-14-12-10-8-6-4-2)47-70-59-58(68)56(66)54(64)51(74-59)48-71-60-57(67)55(65)53(63)50(45-61)73-60/h49-51,53-61,63-68H,3-48H2,1-2H3. The van der Waals surface area contributed by atoms with E-state index < -0.39 is 80.7 Å². The Hall–Kier alpha value is -1.01. The van der Waals surface area contributed by atoms with E-state index in [9.17, 15) is 40.5 Å². The van der Waals surface area contributed by atoms with E-state index in [2.05, 4.69) is 13.8 Å². The lowest BCUT2D eigenvalue weighted by atomic mass is 9.98. The lowest BCUT2D eigenvalue weighted by molar-refractivity contribution is -0.332. The fraction of sp³-hybridized carbons (Fsp3) is 0.983. The number of hydrogen-bond acceptors (Lipinski definition) is 14. The molecule has 440 valence electrons. The molecule has 2 aliphatic rings. The highest BCUT2D eigenvalue weighted by molar-refractivity contribution is 5.69. The number of aliphatic hydroxyl groups is 7. The first-order chi connectivity index (χ1) is 36.1. The van der Waals surface area contributed by atoms with Crippen LogP contribution in [0, 0.1) is 0 Å². The lowest BCUT2D eigenvalue weighted by Crippen LogP contribution is -2.61. The van der Waals surface area contributed by atoms with Gasteiger partial charge in [0.25, 0.3) is 0 Å². The van der Waals surface area contributed by atoms with Crippen molar-refractivity contribution in [2.24, 2.45) is 0 Å². The first kappa shape index (κ1) is 69.1. The van der Waals surface area contributed by atoms with E-state index in [4.69, 9.17) is 28.4 Å². The van der Waals surface area contributed by atoms with Crippen LogP contribution in [0.1, 0.15) is 277 Å². The topological polar surface area (TPSA) is 214 Å². The zero-order valence-corrected chi connectivity index (χ0v) is 47.4. The van der Waals surface area contributed by atoms with E-state index in [0.717, 1.165) is 44.9 Å². The summed E-state index contributed by atoms with van der Waals surface area (Å²) < 4.78 is 34.5. The molecule has 2 aliphatic heterocycles. The van der Waals surface area contributed by atoms with Crippen LogP contribution in [0.2, 0.25) is 0 Å². The second-order valence-electron chi connectivity index (χ2n) is 22.3. The molecule has 2 heterocycles. The average molecular weight is 1060 g/mol. The van der Waals surface area contributed by atoms with Gasteiger partial charge in [-0.05, 0) is 12.8 Å². The van der Waals surface area contributed by atoms with Crippen molar-refractivity contribution >= 4 is 5.97 Å². The minimum absolute atomic E-state index is 0.0711. The van der Waals surface area contributed by atoms with E-state index in [-0.39, 0.29) is 25.6 Å². The molecular formula is C60H116O14. The molecule has 7 N–H and O–H groups in total. The van der Waals surface area contributed by atoms with Crippen molar-refractivity contribution in [3.63, 3.8) is 0 Å². The summed E-state index contributed by atoms with van der Waals surface area (Å²) in [4.78, 5) is 13.1. The van der Waals surface area contributed by atoms with E-state index in [1.807, 2.05) is 0 Å². The third kappa shape index (κ3) is 34.1. The van der Waals surface area contributed by atoms with Crippen LogP contribution in [0.5, 0.6) is 0 Å². The largest absolute Gasteiger partial charge is 0.457 e. The van der Waals surface area contributed by atoms with Gasteiger partial charge in [0.1, 0.15) is 54.9 Å². The van der Waals surface area contributed by atoms with Gasteiger partial charge < -0.3 is 64.2 Å². The Morgan fingerprint density at radius 1 is 0.392 bits per heavy atom. The number of aliphatic hydroxyl groups excluding tert-OH is 7. The van der Waals surface area contributed by atoms with Gasteiger partial charge in [0, 0.05) is 13.0 Å².